The third-order valence-electron chi connectivity index (χ3n) is 2.13. The molecule has 0 N–H and O–H groups in total. The highest BCUT2D eigenvalue weighted by molar-refractivity contribution is 5.92. The van der Waals surface area contributed by atoms with Crippen molar-refractivity contribution in [1.82, 2.24) is 5.16 Å². The average Bonchev–Trinajstić information content (AvgIpc) is 2.73. The number of carbonyl (C=O) groups excluding carboxylic acids is 1. The van der Waals surface area contributed by atoms with E-state index in [1.54, 1.807) is 31.2 Å². The lowest BCUT2D eigenvalue weighted by molar-refractivity contribution is -0.804. The molecule has 0 amide bonds. The van der Waals surface area contributed by atoms with Gasteiger partial charge in [0.2, 0.25) is 0 Å². The van der Waals surface area contributed by atoms with Gasteiger partial charge < -0.3 is 9.94 Å². The van der Waals surface area contributed by atoms with Gasteiger partial charge >= 0.3 is 11.7 Å². The highest BCUT2D eigenvalue weighted by Gasteiger charge is 2.28. The first-order valence-electron chi connectivity index (χ1n) is 5.06. The Hall–Kier alpha value is -2.37. The van der Waals surface area contributed by atoms with Gasteiger partial charge in [-0.05, 0) is 11.8 Å². The minimum Gasteiger partial charge on any atom is -0.460 e. The molecule has 0 unspecified atom stereocenters. The van der Waals surface area contributed by atoms with E-state index in [0.29, 0.717) is 5.56 Å². The first kappa shape index (κ1) is 11.1. The Kier molecular flexibility index (Phi) is 3.04. The fourth-order valence-electron chi connectivity index (χ4n) is 1.40. The summed E-state index contributed by atoms with van der Waals surface area (Å²) in [6.45, 7) is 1.83. The molecule has 17 heavy (non-hydrogen) atoms. The summed E-state index contributed by atoms with van der Waals surface area (Å²) >= 11 is 0. The summed E-state index contributed by atoms with van der Waals surface area (Å²) in [7, 11) is 0. The van der Waals surface area contributed by atoms with Crippen molar-refractivity contribution >= 4 is 5.97 Å². The Labute approximate surface area is 97.0 Å². The first-order valence-corrected chi connectivity index (χ1v) is 5.06. The van der Waals surface area contributed by atoms with E-state index in [4.69, 9.17) is 4.74 Å². The van der Waals surface area contributed by atoms with E-state index in [2.05, 4.69) is 9.79 Å². The maximum absolute atomic E-state index is 11.6. The molecular formula is C11H10N2O4. The number of nitrogens with zero attached hydrogens (tertiary/aromatic N) is 2. The number of esters is 1. The Bertz CT molecular complexity index is 522. The largest absolute Gasteiger partial charge is 0.460 e. The van der Waals surface area contributed by atoms with Crippen LogP contribution >= 0.6 is 0 Å². The third kappa shape index (κ3) is 2.10. The van der Waals surface area contributed by atoms with Crippen molar-refractivity contribution in [3.05, 3.63) is 41.2 Å². The molecule has 0 spiro atoms. The number of benzene rings is 1. The molecule has 0 bridgehead atoms. The predicted molar refractivity (Wildman–Crippen MR) is 56.9 cm³/mol. The van der Waals surface area contributed by atoms with Crippen LogP contribution in [-0.2, 0) is 4.74 Å². The van der Waals surface area contributed by atoms with Crippen LogP contribution in [0, 0.1) is 5.21 Å². The molecule has 0 radical (unpaired) electrons. The van der Waals surface area contributed by atoms with Crippen LogP contribution in [0.15, 0.2) is 35.0 Å². The van der Waals surface area contributed by atoms with Gasteiger partial charge in [0.05, 0.1) is 6.61 Å². The lowest BCUT2D eigenvalue weighted by Crippen LogP contribution is -2.32. The van der Waals surface area contributed by atoms with E-state index in [1.807, 2.05) is 6.07 Å². The van der Waals surface area contributed by atoms with Gasteiger partial charge in [-0.3, -0.25) is 4.63 Å². The van der Waals surface area contributed by atoms with Crippen molar-refractivity contribution < 1.29 is 19.1 Å². The minimum absolute atomic E-state index is 0.0559. The number of hydrogen-bond acceptors (Lipinski definition) is 5. The number of carbonyl (C=O) groups is 1. The van der Waals surface area contributed by atoms with Crippen molar-refractivity contribution in [3.8, 4) is 11.3 Å². The van der Waals surface area contributed by atoms with Gasteiger partial charge in [0.1, 0.15) is 0 Å². The second kappa shape index (κ2) is 4.65. The van der Waals surface area contributed by atoms with E-state index in [0.717, 1.165) is 0 Å². The summed E-state index contributed by atoms with van der Waals surface area (Å²) in [6.07, 6.45) is 0. The van der Waals surface area contributed by atoms with Gasteiger partial charge in [-0.2, -0.15) is 0 Å². The van der Waals surface area contributed by atoms with Crippen LogP contribution < -0.4 is 4.90 Å². The lowest BCUT2D eigenvalue weighted by atomic mass is 10.1. The molecule has 0 aliphatic heterocycles. The highest BCUT2D eigenvalue weighted by atomic mass is 16.8. The molecule has 88 valence electrons. The molecule has 1 aromatic heterocycles. The molecule has 6 nitrogen and oxygen atoms in total. The summed E-state index contributed by atoms with van der Waals surface area (Å²) in [4.78, 5) is 11.6. The molecule has 1 aromatic carbocycles. The fourth-order valence-corrected chi connectivity index (χ4v) is 1.40. The van der Waals surface area contributed by atoms with E-state index < -0.39 is 5.97 Å². The molecule has 1 heterocycles. The van der Waals surface area contributed by atoms with Crippen molar-refractivity contribution in [1.29, 1.82) is 0 Å². The Balaban J connectivity index is 2.46. The fraction of sp³-hybridized carbons (Fsp3) is 0.182. The van der Waals surface area contributed by atoms with E-state index >= 15 is 0 Å². The van der Waals surface area contributed by atoms with Crippen molar-refractivity contribution in [2.24, 2.45) is 0 Å². The smallest absolute Gasteiger partial charge is 0.387 e. The summed E-state index contributed by atoms with van der Waals surface area (Å²) in [5.74, 6) is -0.748. The second-order valence-corrected chi connectivity index (χ2v) is 3.21. The maximum atomic E-state index is 11.6. The second-order valence-electron chi connectivity index (χ2n) is 3.21. The number of ether oxygens (including phenoxy) is 1. The lowest BCUT2D eigenvalue weighted by Gasteiger charge is -1.98. The first-order chi connectivity index (χ1) is 8.24. The zero-order valence-electron chi connectivity index (χ0n) is 9.12. The van der Waals surface area contributed by atoms with Gasteiger partial charge in [0.15, 0.2) is 0 Å². The number of hydrogen-bond donors (Lipinski definition) is 0. The third-order valence-corrected chi connectivity index (χ3v) is 2.13. The molecule has 0 saturated carbocycles. The standard InChI is InChI=1S/C11H10N2O4/c1-2-16-11(14)10-9(12-17-13(10)15)8-6-4-3-5-7-8/h3-7H,2H2,1H3. The molecule has 2 aromatic rings. The van der Waals surface area contributed by atoms with E-state index in [-0.39, 0.29) is 22.9 Å². The van der Waals surface area contributed by atoms with Gasteiger partial charge in [-0.1, -0.05) is 30.3 Å². The molecular weight excluding hydrogens is 224 g/mol. The summed E-state index contributed by atoms with van der Waals surface area (Å²) < 4.78 is 9.20. The van der Waals surface area contributed by atoms with Crippen molar-refractivity contribution in [2.45, 2.75) is 6.92 Å². The molecule has 2 rings (SSSR count). The number of aromatic nitrogens is 2. The van der Waals surface area contributed by atoms with E-state index in [1.165, 1.54) is 0 Å². The quantitative estimate of drug-likeness (QED) is 0.588. The minimum atomic E-state index is -0.748. The Morgan fingerprint density at radius 1 is 1.47 bits per heavy atom. The van der Waals surface area contributed by atoms with Crippen molar-refractivity contribution in [3.63, 3.8) is 0 Å². The maximum Gasteiger partial charge on any atom is 0.387 e. The van der Waals surface area contributed by atoms with Crippen LogP contribution in [0.3, 0.4) is 0 Å². The molecule has 0 atom stereocenters. The van der Waals surface area contributed by atoms with Crippen molar-refractivity contribution in [2.75, 3.05) is 6.61 Å². The molecule has 0 fully saturated rings. The molecule has 0 aliphatic rings. The zero-order valence-corrected chi connectivity index (χ0v) is 9.12. The monoisotopic (exact) mass is 234 g/mol. The van der Waals surface area contributed by atoms with Gasteiger partial charge in [-0.25, -0.2) is 4.79 Å². The molecule has 0 saturated heterocycles. The summed E-state index contributed by atoms with van der Waals surface area (Å²) in [6, 6.07) is 8.81. The van der Waals surface area contributed by atoms with Crippen LogP contribution in [0.2, 0.25) is 0 Å². The Morgan fingerprint density at radius 3 is 2.82 bits per heavy atom. The Morgan fingerprint density at radius 2 is 2.18 bits per heavy atom. The molecule has 6 heteroatoms. The summed E-state index contributed by atoms with van der Waals surface area (Å²) in [5, 5.41) is 14.9. The SMILES string of the molecule is CCOC(=O)c1c(-c2ccccc2)no[n+]1[O-]. The van der Waals surface area contributed by atoms with Crippen LogP contribution in [-0.4, -0.2) is 17.7 Å². The van der Waals surface area contributed by atoms with Crippen LogP contribution in [0.5, 0.6) is 0 Å². The van der Waals surface area contributed by atoms with Gasteiger partial charge in [-0.15, -0.1) is 0 Å². The van der Waals surface area contributed by atoms with Crippen LogP contribution in [0.4, 0.5) is 0 Å². The topological polar surface area (TPSA) is 79.3 Å². The van der Waals surface area contributed by atoms with Gasteiger partial charge in [0.25, 0.3) is 5.69 Å². The van der Waals surface area contributed by atoms with Gasteiger partial charge in [0, 0.05) is 10.7 Å². The molecule has 0 aliphatic carbocycles. The summed E-state index contributed by atoms with van der Waals surface area (Å²) in [5.41, 5.74) is 0.561. The van der Waals surface area contributed by atoms with E-state index in [9.17, 15) is 10.0 Å². The average molecular weight is 234 g/mol. The highest BCUT2D eigenvalue weighted by Crippen LogP contribution is 2.19. The zero-order chi connectivity index (χ0) is 12.3. The number of rotatable bonds is 3. The normalized spacial score (nSPS) is 10.2. The van der Waals surface area contributed by atoms with Crippen LogP contribution in [0.1, 0.15) is 17.4 Å². The predicted octanol–water partition coefficient (Wildman–Crippen LogP) is 1.15. The van der Waals surface area contributed by atoms with Crippen LogP contribution in [0.25, 0.3) is 11.3 Å².